The molecule has 0 radical (unpaired) electrons. The number of aliphatic hydroxyl groups excluding tert-OH is 7. The summed E-state index contributed by atoms with van der Waals surface area (Å²) in [5, 5.41) is 70.1. The van der Waals surface area contributed by atoms with Crippen molar-refractivity contribution in [2.45, 2.75) is 133 Å². The number of hydrogen-bond acceptors (Lipinski definition) is 11. The molecule has 208 valence electrons. The minimum absolute atomic E-state index is 0.321. The number of hydrogen-bond donors (Lipinski definition) is 7. The number of ether oxygens (including phenoxy) is 4. The van der Waals surface area contributed by atoms with E-state index in [1.54, 1.807) is 0 Å². The van der Waals surface area contributed by atoms with E-state index in [-0.39, 0.29) is 0 Å². The summed E-state index contributed by atoms with van der Waals surface area (Å²) < 4.78 is 22.0. The van der Waals surface area contributed by atoms with Crippen molar-refractivity contribution in [3.63, 3.8) is 0 Å². The van der Waals surface area contributed by atoms with Crippen LogP contribution in [0.5, 0.6) is 0 Å². The van der Waals surface area contributed by atoms with Crippen molar-refractivity contribution in [1.82, 2.24) is 0 Å². The molecule has 10 atom stereocenters. The predicted octanol–water partition coefficient (Wildman–Crippen LogP) is -0.452. The molecule has 0 amide bonds. The second-order valence-corrected chi connectivity index (χ2v) is 9.56. The maximum absolute atomic E-state index is 10.6. The van der Waals surface area contributed by atoms with Crippen LogP contribution in [0.1, 0.15) is 71.1 Å². The zero-order valence-corrected chi connectivity index (χ0v) is 20.7. The minimum atomic E-state index is -1.69. The Balaban J connectivity index is 1.74. The van der Waals surface area contributed by atoms with Gasteiger partial charge in [-0.1, -0.05) is 64.7 Å². The third-order valence-electron chi connectivity index (χ3n) is 6.74. The molecule has 6 unspecified atom stereocenters. The van der Waals surface area contributed by atoms with E-state index in [1.807, 2.05) is 0 Å². The summed E-state index contributed by atoms with van der Waals surface area (Å²) in [4.78, 5) is 0. The van der Waals surface area contributed by atoms with Gasteiger partial charge in [0, 0.05) is 6.61 Å². The summed E-state index contributed by atoms with van der Waals surface area (Å²) in [5.41, 5.74) is 0. The molecule has 11 nitrogen and oxygen atoms in total. The first-order valence-electron chi connectivity index (χ1n) is 13.1. The molecule has 0 aromatic rings. The highest BCUT2D eigenvalue weighted by atomic mass is 16.7. The molecule has 0 saturated carbocycles. The largest absolute Gasteiger partial charge is 0.394 e. The van der Waals surface area contributed by atoms with Gasteiger partial charge in [-0.3, -0.25) is 0 Å². The van der Waals surface area contributed by atoms with Crippen molar-refractivity contribution < 1.29 is 54.7 Å². The molecule has 2 aliphatic rings. The highest BCUT2D eigenvalue weighted by Crippen LogP contribution is 2.29. The summed E-state index contributed by atoms with van der Waals surface area (Å²) >= 11 is 0. The summed E-state index contributed by atoms with van der Waals surface area (Å²) in [5.74, 6) is 0. The van der Waals surface area contributed by atoms with Crippen LogP contribution < -0.4 is 0 Å². The van der Waals surface area contributed by atoms with Crippen LogP contribution in [0.25, 0.3) is 0 Å². The van der Waals surface area contributed by atoms with Crippen molar-refractivity contribution in [2.75, 3.05) is 19.8 Å². The Kier molecular flexibility index (Phi) is 14.4. The average Bonchev–Trinajstić information content (AvgIpc) is 2.86. The molecular weight excluding hydrogens is 464 g/mol. The third-order valence-corrected chi connectivity index (χ3v) is 6.74. The molecule has 35 heavy (non-hydrogen) atoms. The topological polar surface area (TPSA) is 179 Å². The first kappa shape index (κ1) is 30.8. The number of aliphatic hydroxyl groups is 7. The second kappa shape index (κ2) is 16.4. The van der Waals surface area contributed by atoms with Gasteiger partial charge in [-0.15, -0.1) is 0 Å². The van der Waals surface area contributed by atoms with E-state index in [0.29, 0.717) is 6.61 Å². The van der Waals surface area contributed by atoms with Crippen LogP contribution in [0.15, 0.2) is 0 Å². The number of unbranched alkanes of at least 4 members (excludes halogenated alkanes) is 9. The lowest BCUT2D eigenvalue weighted by atomic mass is 9.97. The van der Waals surface area contributed by atoms with Gasteiger partial charge >= 0.3 is 0 Å². The molecule has 0 aromatic carbocycles. The fourth-order valence-corrected chi connectivity index (χ4v) is 4.48. The molecule has 2 heterocycles. The Morgan fingerprint density at radius 1 is 0.571 bits per heavy atom. The molecule has 7 N–H and O–H groups in total. The van der Waals surface area contributed by atoms with Crippen LogP contribution >= 0.6 is 0 Å². The average molecular weight is 511 g/mol. The van der Waals surface area contributed by atoms with E-state index >= 15 is 0 Å². The van der Waals surface area contributed by atoms with Crippen molar-refractivity contribution >= 4 is 0 Å². The van der Waals surface area contributed by atoms with Crippen molar-refractivity contribution in [3.05, 3.63) is 0 Å². The molecule has 2 fully saturated rings. The van der Waals surface area contributed by atoms with Gasteiger partial charge in [-0.05, 0) is 6.42 Å². The Morgan fingerprint density at radius 2 is 1.09 bits per heavy atom. The normalized spacial score (nSPS) is 38.1. The smallest absolute Gasteiger partial charge is 0.187 e. The fraction of sp³-hybridized carbons (Fsp3) is 1.00. The monoisotopic (exact) mass is 510 g/mol. The highest BCUT2D eigenvalue weighted by molar-refractivity contribution is 4.94. The van der Waals surface area contributed by atoms with E-state index in [0.717, 1.165) is 19.3 Å². The van der Waals surface area contributed by atoms with Crippen molar-refractivity contribution in [2.24, 2.45) is 0 Å². The van der Waals surface area contributed by atoms with Crippen molar-refractivity contribution in [3.8, 4) is 0 Å². The van der Waals surface area contributed by atoms with Crippen LogP contribution in [0.4, 0.5) is 0 Å². The molecule has 0 aromatic heterocycles. The third kappa shape index (κ3) is 9.11. The Labute approximate surface area is 207 Å². The van der Waals surface area contributed by atoms with E-state index in [4.69, 9.17) is 18.9 Å². The summed E-state index contributed by atoms with van der Waals surface area (Å²) in [6, 6.07) is 0. The standard InChI is InChI=1S/C24H46O11/c1-2-3-4-5-6-7-8-9-10-11-12-32-23-21(31)19(29)22(16(14-26)34-23)35-24-20(30)18(28)17(27)15(13-25)33-24/h15-31H,2-14H2,1H3/t15?,16?,17-,18?,19?,20+,21+,22-,23?,24?/m0/s1. The van der Waals surface area contributed by atoms with Crippen LogP contribution in [0.3, 0.4) is 0 Å². The first-order chi connectivity index (χ1) is 16.8. The van der Waals surface area contributed by atoms with Crippen molar-refractivity contribution in [1.29, 1.82) is 0 Å². The zero-order chi connectivity index (χ0) is 25.8. The molecule has 2 saturated heterocycles. The molecular formula is C24H46O11. The van der Waals surface area contributed by atoms with Gasteiger partial charge < -0.3 is 54.7 Å². The highest BCUT2D eigenvalue weighted by Gasteiger charge is 2.50. The minimum Gasteiger partial charge on any atom is -0.394 e. The van der Waals surface area contributed by atoms with Gasteiger partial charge in [-0.2, -0.15) is 0 Å². The van der Waals surface area contributed by atoms with Gasteiger partial charge in [0.05, 0.1) is 13.2 Å². The molecule has 11 heteroatoms. The zero-order valence-electron chi connectivity index (χ0n) is 20.7. The van der Waals surface area contributed by atoms with Gasteiger partial charge in [0.1, 0.15) is 48.8 Å². The van der Waals surface area contributed by atoms with Gasteiger partial charge in [0.25, 0.3) is 0 Å². The Morgan fingerprint density at radius 3 is 1.66 bits per heavy atom. The molecule has 2 rings (SSSR count). The van der Waals surface area contributed by atoms with Gasteiger partial charge in [0.15, 0.2) is 12.6 Å². The molecule has 0 aliphatic carbocycles. The fourth-order valence-electron chi connectivity index (χ4n) is 4.48. The van der Waals surface area contributed by atoms with E-state index in [9.17, 15) is 35.7 Å². The van der Waals surface area contributed by atoms with Crippen LogP contribution in [-0.4, -0.2) is 117 Å². The molecule has 2 aliphatic heterocycles. The SMILES string of the molecule is CCCCCCCCCCCCOC1OC(CO)[C@H](OC2OC(CO)[C@H](O)C(O)[C@H]2O)C(O)[C@H]1O. The van der Waals surface area contributed by atoms with Gasteiger partial charge in [0.2, 0.25) is 0 Å². The Bertz CT molecular complexity index is 550. The summed E-state index contributed by atoms with van der Waals surface area (Å²) in [6.45, 7) is 1.31. The van der Waals surface area contributed by atoms with Gasteiger partial charge in [-0.25, -0.2) is 0 Å². The maximum atomic E-state index is 10.6. The van der Waals surface area contributed by atoms with Crippen LogP contribution in [0, 0.1) is 0 Å². The second-order valence-electron chi connectivity index (χ2n) is 9.56. The van der Waals surface area contributed by atoms with E-state index in [2.05, 4.69) is 6.92 Å². The Hall–Kier alpha value is -0.440. The molecule has 0 bridgehead atoms. The van der Waals surface area contributed by atoms with Crippen LogP contribution in [0.2, 0.25) is 0 Å². The predicted molar refractivity (Wildman–Crippen MR) is 124 cm³/mol. The van der Waals surface area contributed by atoms with E-state index in [1.165, 1.54) is 44.9 Å². The lowest BCUT2D eigenvalue weighted by molar-refractivity contribution is -0.359. The summed E-state index contributed by atoms with van der Waals surface area (Å²) in [6.07, 6.45) is -2.63. The molecule has 0 spiro atoms. The maximum Gasteiger partial charge on any atom is 0.187 e. The lowest BCUT2D eigenvalue weighted by Crippen LogP contribution is -2.64. The summed E-state index contributed by atoms with van der Waals surface area (Å²) in [7, 11) is 0. The quantitative estimate of drug-likeness (QED) is 0.134. The number of rotatable bonds is 16. The van der Waals surface area contributed by atoms with E-state index < -0.39 is 74.6 Å². The lowest BCUT2D eigenvalue weighted by Gasteiger charge is -2.45. The van der Waals surface area contributed by atoms with Crippen LogP contribution in [-0.2, 0) is 18.9 Å². The first-order valence-corrected chi connectivity index (χ1v) is 13.1.